The van der Waals surface area contributed by atoms with E-state index in [1.165, 1.54) is 11.3 Å². The van der Waals surface area contributed by atoms with Crippen LogP contribution in [0.1, 0.15) is 26.3 Å². The molecule has 0 saturated carbocycles. The molecule has 1 aliphatic rings. The molecule has 2 amide bonds. The lowest BCUT2D eigenvalue weighted by atomic mass is 10.1. The maximum Gasteiger partial charge on any atom is 0.256 e. The first kappa shape index (κ1) is 12.7. The van der Waals surface area contributed by atoms with Gasteiger partial charge in [-0.05, 0) is 41.6 Å². The molecular formula is C14H13N3O2S. The quantitative estimate of drug-likeness (QED) is 0.808. The van der Waals surface area contributed by atoms with Crippen LogP contribution in [-0.4, -0.2) is 18.4 Å². The highest BCUT2D eigenvalue weighted by atomic mass is 32.1. The molecule has 0 atom stereocenters. The molecule has 3 rings (SSSR count). The average Bonchev–Trinajstić information content (AvgIpc) is 3.05. The molecule has 0 aliphatic carbocycles. The van der Waals surface area contributed by atoms with Gasteiger partial charge >= 0.3 is 0 Å². The van der Waals surface area contributed by atoms with Crippen molar-refractivity contribution in [1.29, 1.82) is 0 Å². The van der Waals surface area contributed by atoms with Crippen LogP contribution in [0.5, 0.6) is 0 Å². The van der Waals surface area contributed by atoms with Crippen molar-refractivity contribution in [3.05, 3.63) is 46.3 Å². The van der Waals surface area contributed by atoms with Crippen LogP contribution in [0.2, 0.25) is 0 Å². The van der Waals surface area contributed by atoms with Crippen molar-refractivity contribution in [2.45, 2.75) is 6.42 Å². The van der Waals surface area contributed by atoms with E-state index in [-0.39, 0.29) is 5.91 Å². The van der Waals surface area contributed by atoms with Crippen molar-refractivity contribution >= 4 is 33.8 Å². The molecule has 1 aromatic carbocycles. The monoisotopic (exact) mass is 287 g/mol. The van der Waals surface area contributed by atoms with Gasteiger partial charge in [0.1, 0.15) is 5.00 Å². The number of primary amides is 1. The van der Waals surface area contributed by atoms with E-state index >= 15 is 0 Å². The predicted molar refractivity (Wildman–Crippen MR) is 79.4 cm³/mol. The first-order valence-corrected chi connectivity index (χ1v) is 7.08. The summed E-state index contributed by atoms with van der Waals surface area (Å²) in [5.74, 6) is -0.774. The topological polar surface area (TPSA) is 84.2 Å². The van der Waals surface area contributed by atoms with Crippen molar-refractivity contribution < 1.29 is 9.59 Å². The largest absolute Gasteiger partial charge is 0.384 e. The van der Waals surface area contributed by atoms with Crippen LogP contribution in [0.25, 0.3) is 0 Å². The molecule has 20 heavy (non-hydrogen) atoms. The van der Waals surface area contributed by atoms with Crippen LogP contribution in [0.3, 0.4) is 0 Å². The molecule has 0 saturated heterocycles. The number of hydrogen-bond acceptors (Lipinski definition) is 4. The van der Waals surface area contributed by atoms with Gasteiger partial charge in [-0.15, -0.1) is 11.3 Å². The van der Waals surface area contributed by atoms with Crippen LogP contribution in [-0.2, 0) is 6.42 Å². The van der Waals surface area contributed by atoms with Crippen LogP contribution in [0.15, 0.2) is 29.6 Å². The molecule has 5 nitrogen and oxygen atoms in total. The van der Waals surface area contributed by atoms with Crippen molar-refractivity contribution in [2.24, 2.45) is 5.73 Å². The summed E-state index contributed by atoms with van der Waals surface area (Å²) in [5.41, 5.74) is 8.39. The Morgan fingerprint density at radius 1 is 1.30 bits per heavy atom. The molecule has 102 valence electrons. The summed E-state index contributed by atoms with van der Waals surface area (Å²) < 4.78 is 0. The van der Waals surface area contributed by atoms with Crippen molar-refractivity contribution in [2.75, 3.05) is 17.2 Å². The molecule has 2 heterocycles. The van der Waals surface area contributed by atoms with Gasteiger partial charge in [-0.25, -0.2) is 0 Å². The van der Waals surface area contributed by atoms with Gasteiger partial charge in [-0.2, -0.15) is 0 Å². The Labute approximate surface area is 119 Å². The third kappa shape index (κ3) is 2.25. The molecular weight excluding hydrogens is 274 g/mol. The fourth-order valence-corrected chi connectivity index (χ4v) is 3.01. The summed E-state index contributed by atoms with van der Waals surface area (Å²) in [7, 11) is 0. The van der Waals surface area contributed by atoms with E-state index in [1.54, 1.807) is 17.5 Å². The van der Waals surface area contributed by atoms with Gasteiger partial charge in [0.25, 0.3) is 11.8 Å². The number of rotatable bonds is 3. The number of benzene rings is 1. The standard InChI is InChI=1S/C14H13N3O2S/c15-12(18)10-4-6-20-14(10)17-13(19)9-1-2-11-8(7-9)3-5-16-11/h1-2,4,6-7,16H,3,5H2,(H2,15,18)(H,17,19). The summed E-state index contributed by atoms with van der Waals surface area (Å²) in [6.45, 7) is 0.900. The first-order chi connectivity index (χ1) is 9.65. The number of nitrogens with two attached hydrogens (primary N) is 1. The maximum absolute atomic E-state index is 12.2. The number of amides is 2. The summed E-state index contributed by atoms with van der Waals surface area (Å²) in [4.78, 5) is 23.4. The first-order valence-electron chi connectivity index (χ1n) is 6.20. The van der Waals surface area contributed by atoms with Crippen molar-refractivity contribution in [3.63, 3.8) is 0 Å². The number of nitrogens with one attached hydrogen (secondary N) is 2. The molecule has 2 aromatic rings. The van der Waals surface area contributed by atoms with Gasteiger partial charge in [0.15, 0.2) is 0 Å². The Morgan fingerprint density at radius 2 is 2.15 bits per heavy atom. The molecule has 0 bridgehead atoms. The molecule has 6 heteroatoms. The summed E-state index contributed by atoms with van der Waals surface area (Å²) in [6, 6.07) is 7.15. The van der Waals surface area contributed by atoms with E-state index in [9.17, 15) is 9.59 Å². The molecule has 0 fully saturated rings. The molecule has 4 N–H and O–H groups in total. The third-order valence-electron chi connectivity index (χ3n) is 3.23. The van der Waals surface area contributed by atoms with Crippen molar-refractivity contribution in [3.8, 4) is 0 Å². The summed E-state index contributed by atoms with van der Waals surface area (Å²) in [6.07, 6.45) is 0.919. The van der Waals surface area contributed by atoms with E-state index in [4.69, 9.17) is 5.73 Å². The second kappa shape index (κ2) is 4.97. The number of carbonyl (C=O) groups excluding carboxylic acids is 2. The minimum absolute atomic E-state index is 0.232. The second-order valence-corrected chi connectivity index (χ2v) is 5.45. The third-order valence-corrected chi connectivity index (χ3v) is 4.06. The second-order valence-electron chi connectivity index (χ2n) is 4.53. The molecule has 1 aliphatic heterocycles. The zero-order valence-electron chi connectivity index (χ0n) is 10.6. The molecule has 0 spiro atoms. The molecule has 1 aromatic heterocycles. The average molecular weight is 287 g/mol. The SMILES string of the molecule is NC(=O)c1ccsc1NC(=O)c1ccc2c(c1)CCN2. The summed E-state index contributed by atoms with van der Waals surface area (Å²) >= 11 is 1.28. The van der Waals surface area contributed by atoms with Gasteiger partial charge in [0.05, 0.1) is 5.56 Å². The van der Waals surface area contributed by atoms with Crippen LogP contribution in [0.4, 0.5) is 10.7 Å². The number of fused-ring (bicyclic) bond motifs is 1. The fourth-order valence-electron chi connectivity index (χ4n) is 2.22. The number of hydrogen-bond donors (Lipinski definition) is 3. The highest BCUT2D eigenvalue weighted by molar-refractivity contribution is 7.14. The van der Waals surface area contributed by atoms with E-state index < -0.39 is 5.91 Å². The van der Waals surface area contributed by atoms with Crippen LogP contribution >= 0.6 is 11.3 Å². The highest BCUT2D eigenvalue weighted by Crippen LogP contribution is 2.26. The fraction of sp³-hybridized carbons (Fsp3) is 0.143. The van der Waals surface area contributed by atoms with Crippen LogP contribution < -0.4 is 16.4 Å². The Kier molecular flexibility index (Phi) is 3.15. The van der Waals surface area contributed by atoms with E-state index in [1.807, 2.05) is 12.1 Å². The van der Waals surface area contributed by atoms with Gasteiger partial charge in [0.2, 0.25) is 0 Å². The zero-order valence-corrected chi connectivity index (χ0v) is 11.4. The van der Waals surface area contributed by atoms with Crippen LogP contribution in [0, 0.1) is 0 Å². The van der Waals surface area contributed by atoms with Crippen molar-refractivity contribution in [1.82, 2.24) is 0 Å². The molecule has 0 unspecified atom stereocenters. The number of anilines is 2. The van der Waals surface area contributed by atoms with Gasteiger partial charge in [-0.3, -0.25) is 9.59 Å². The minimum Gasteiger partial charge on any atom is -0.384 e. The Morgan fingerprint density at radius 3 is 2.95 bits per heavy atom. The van der Waals surface area contributed by atoms with Gasteiger partial charge < -0.3 is 16.4 Å². The normalized spacial score (nSPS) is 12.6. The zero-order chi connectivity index (χ0) is 14.1. The van der Waals surface area contributed by atoms with E-state index in [0.29, 0.717) is 16.1 Å². The number of thiophene rings is 1. The Bertz CT molecular complexity index is 693. The lowest BCUT2D eigenvalue weighted by Gasteiger charge is -2.06. The lowest BCUT2D eigenvalue weighted by Crippen LogP contribution is -2.16. The maximum atomic E-state index is 12.2. The molecule has 0 radical (unpaired) electrons. The Hall–Kier alpha value is -2.34. The Balaban J connectivity index is 1.83. The smallest absolute Gasteiger partial charge is 0.256 e. The van der Waals surface area contributed by atoms with Gasteiger partial charge in [-0.1, -0.05) is 0 Å². The minimum atomic E-state index is -0.542. The van der Waals surface area contributed by atoms with E-state index in [2.05, 4.69) is 10.6 Å². The predicted octanol–water partition coefficient (Wildman–Crippen LogP) is 2.07. The highest BCUT2D eigenvalue weighted by Gasteiger charge is 2.16. The van der Waals surface area contributed by atoms with E-state index in [0.717, 1.165) is 24.2 Å². The van der Waals surface area contributed by atoms with Gasteiger partial charge in [0, 0.05) is 17.8 Å². The lowest BCUT2D eigenvalue weighted by molar-refractivity contribution is 0.100. The number of carbonyl (C=O) groups is 2. The summed E-state index contributed by atoms with van der Waals surface area (Å²) in [5, 5.41) is 8.19.